The highest BCUT2D eigenvalue weighted by Gasteiger charge is 2.23. The molecular formula is C14H19N5O2S2. The van der Waals surface area contributed by atoms with E-state index >= 15 is 0 Å². The topological polar surface area (TPSA) is 87.2 Å². The number of likely N-dealkylation sites (N-methyl/N-ethyl adjacent to an activating group) is 1. The van der Waals surface area contributed by atoms with Gasteiger partial charge in [-0.15, -0.1) is 11.3 Å². The van der Waals surface area contributed by atoms with Gasteiger partial charge in [-0.25, -0.2) is 9.97 Å². The third-order valence-electron chi connectivity index (χ3n) is 3.97. The van der Waals surface area contributed by atoms with Gasteiger partial charge in [0.25, 0.3) is 10.0 Å². The van der Waals surface area contributed by atoms with Gasteiger partial charge in [0, 0.05) is 25.0 Å². The van der Waals surface area contributed by atoms with Gasteiger partial charge in [0.05, 0.1) is 17.4 Å². The highest BCUT2D eigenvalue weighted by atomic mass is 32.2. The van der Waals surface area contributed by atoms with Crippen molar-refractivity contribution in [1.82, 2.24) is 15.3 Å². The summed E-state index contributed by atoms with van der Waals surface area (Å²) in [7, 11) is -1.70. The summed E-state index contributed by atoms with van der Waals surface area (Å²) in [5.74, 6) is 0.313. The number of anilines is 2. The zero-order valence-electron chi connectivity index (χ0n) is 13.0. The Kier molecular flexibility index (Phi) is 4.51. The van der Waals surface area contributed by atoms with Crippen molar-refractivity contribution in [1.29, 1.82) is 0 Å². The van der Waals surface area contributed by atoms with Crippen LogP contribution in [0.4, 0.5) is 11.5 Å². The van der Waals surface area contributed by atoms with E-state index in [1.54, 1.807) is 23.2 Å². The normalized spacial score (nSPS) is 18.1. The van der Waals surface area contributed by atoms with E-state index in [1.807, 2.05) is 14.0 Å². The van der Waals surface area contributed by atoms with Crippen molar-refractivity contribution in [2.24, 2.45) is 0 Å². The van der Waals surface area contributed by atoms with Crippen molar-refractivity contribution < 1.29 is 8.42 Å². The van der Waals surface area contributed by atoms with Crippen LogP contribution >= 0.6 is 11.3 Å². The maximum absolute atomic E-state index is 12.4. The van der Waals surface area contributed by atoms with Crippen LogP contribution in [-0.2, 0) is 10.0 Å². The monoisotopic (exact) mass is 353 g/mol. The largest absolute Gasteiger partial charge is 0.369 e. The first-order valence-electron chi connectivity index (χ1n) is 7.28. The molecule has 0 aromatic carbocycles. The van der Waals surface area contributed by atoms with Crippen molar-refractivity contribution >= 4 is 32.9 Å². The Labute approximate surface area is 139 Å². The van der Waals surface area contributed by atoms with E-state index in [0.29, 0.717) is 11.9 Å². The first-order chi connectivity index (χ1) is 11.0. The average molecular weight is 353 g/mol. The van der Waals surface area contributed by atoms with Gasteiger partial charge in [-0.05, 0) is 31.5 Å². The van der Waals surface area contributed by atoms with E-state index in [2.05, 4.69) is 24.9 Å². The summed E-state index contributed by atoms with van der Waals surface area (Å²) in [6.07, 6.45) is 2.70. The number of thiazole rings is 1. The van der Waals surface area contributed by atoms with Crippen LogP contribution in [0.15, 0.2) is 28.2 Å². The Hall–Kier alpha value is -1.71. The fourth-order valence-corrected chi connectivity index (χ4v) is 4.23. The number of sulfonamides is 1. The first-order valence-corrected chi connectivity index (χ1v) is 9.71. The molecule has 0 saturated carbocycles. The lowest BCUT2D eigenvalue weighted by Gasteiger charge is -2.27. The number of nitrogens with zero attached hydrogens (tertiary/aromatic N) is 3. The minimum Gasteiger partial charge on any atom is -0.369 e. The van der Waals surface area contributed by atoms with Crippen molar-refractivity contribution in [3.63, 3.8) is 0 Å². The summed E-state index contributed by atoms with van der Waals surface area (Å²) in [4.78, 5) is 10.2. The van der Waals surface area contributed by atoms with E-state index in [0.717, 1.165) is 30.8 Å². The molecule has 1 aliphatic rings. The average Bonchev–Trinajstić information content (AvgIpc) is 3.19. The van der Waals surface area contributed by atoms with Gasteiger partial charge in [-0.3, -0.25) is 4.72 Å². The molecule has 3 heterocycles. The molecule has 1 saturated heterocycles. The second-order valence-corrected chi connectivity index (χ2v) is 7.89. The molecular weight excluding hydrogens is 334 g/mol. The number of aryl methyl sites for hydroxylation is 1. The highest BCUT2D eigenvalue weighted by Crippen LogP contribution is 2.24. The van der Waals surface area contributed by atoms with Crippen LogP contribution in [0.2, 0.25) is 0 Å². The highest BCUT2D eigenvalue weighted by molar-refractivity contribution is 7.92. The Morgan fingerprint density at radius 3 is 2.87 bits per heavy atom. The van der Waals surface area contributed by atoms with Gasteiger partial charge in [0.2, 0.25) is 0 Å². The summed E-state index contributed by atoms with van der Waals surface area (Å²) in [6, 6.07) is 2.01. The lowest BCUT2D eigenvalue weighted by Crippen LogP contribution is -2.34. The van der Waals surface area contributed by atoms with E-state index < -0.39 is 10.0 Å². The minimum absolute atomic E-state index is 0.00435. The second kappa shape index (κ2) is 6.42. The van der Waals surface area contributed by atoms with Crippen molar-refractivity contribution in [2.45, 2.75) is 24.4 Å². The zero-order valence-corrected chi connectivity index (χ0v) is 14.6. The third kappa shape index (κ3) is 3.46. The number of rotatable bonds is 5. The molecule has 0 aliphatic carbocycles. The maximum Gasteiger partial charge on any atom is 0.280 e. The number of hydrogen-bond acceptors (Lipinski definition) is 7. The van der Waals surface area contributed by atoms with Crippen LogP contribution in [0.25, 0.3) is 0 Å². The maximum atomic E-state index is 12.4. The molecule has 3 rings (SSSR count). The number of hydrogen-bond donors (Lipinski definition) is 2. The van der Waals surface area contributed by atoms with Crippen LogP contribution < -0.4 is 14.9 Å². The van der Waals surface area contributed by atoms with Crippen molar-refractivity contribution in [3.05, 3.63) is 28.7 Å². The predicted molar refractivity (Wildman–Crippen MR) is 91.6 cm³/mol. The van der Waals surface area contributed by atoms with Crippen LogP contribution in [0.5, 0.6) is 0 Å². The van der Waals surface area contributed by atoms with Gasteiger partial charge >= 0.3 is 0 Å². The molecule has 0 radical (unpaired) electrons. The van der Waals surface area contributed by atoms with Crippen LogP contribution in [0, 0.1) is 6.92 Å². The van der Waals surface area contributed by atoms with Crippen LogP contribution in [0.3, 0.4) is 0 Å². The van der Waals surface area contributed by atoms with E-state index in [1.165, 1.54) is 11.3 Å². The molecule has 124 valence electrons. The van der Waals surface area contributed by atoms with Gasteiger partial charge in [-0.1, -0.05) is 0 Å². The third-order valence-corrected chi connectivity index (χ3v) is 5.80. The Balaban J connectivity index is 1.83. The standard InChI is InChI=1S/C14H19N5O2S2/c1-10-5-14(23(20,21)18-13-8-22-9-17-13)16-7-12(10)19(2)11-3-4-15-6-11/h5,7-9,11,15,18H,3-4,6H2,1-2H3/t11-/m0/s1. The summed E-state index contributed by atoms with van der Waals surface area (Å²) in [5.41, 5.74) is 3.41. The molecule has 2 aromatic heterocycles. The number of pyridine rings is 1. The summed E-state index contributed by atoms with van der Waals surface area (Å²) in [6.45, 7) is 3.84. The fourth-order valence-electron chi connectivity index (χ4n) is 2.66. The zero-order chi connectivity index (χ0) is 16.4. The Bertz CT molecular complexity index is 770. The van der Waals surface area contributed by atoms with E-state index in [9.17, 15) is 8.42 Å². The molecule has 0 unspecified atom stereocenters. The molecule has 0 bridgehead atoms. The lowest BCUT2D eigenvalue weighted by molar-refractivity contribution is 0.597. The van der Waals surface area contributed by atoms with Crippen molar-refractivity contribution in [3.8, 4) is 0 Å². The second-order valence-electron chi connectivity index (χ2n) is 5.55. The summed E-state index contributed by atoms with van der Waals surface area (Å²) >= 11 is 1.33. The first kappa shape index (κ1) is 16.2. The quantitative estimate of drug-likeness (QED) is 0.846. The molecule has 9 heteroatoms. The summed E-state index contributed by atoms with van der Waals surface area (Å²) < 4.78 is 27.1. The van der Waals surface area contributed by atoms with Crippen LogP contribution in [0.1, 0.15) is 12.0 Å². The Morgan fingerprint density at radius 2 is 2.26 bits per heavy atom. The molecule has 0 amide bonds. The molecule has 2 aromatic rings. The lowest BCUT2D eigenvalue weighted by atomic mass is 10.2. The number of nitrogens with one attached hydrogen (secondary N) is 2. The molecule has 2 N–H and O–H groups in total. The summed E-state index contributed by atoms with van der Waals surface area (Å²) in [5, 5.41) is 4.97. The fraction of sp³-hybridized carbons (Fsp3) is 0.429. The molecule has 7 nitrogen and oxygen atoms in total. The smallest absolute Gasteiger partial charge is 0.280 e. The Morgan fingerprint density at radius 1 is 1.43 bits per heavy atom. The molecule has 1 atom stereocenters. The van der Waals surface area contributed by atoms with Gasteiger partial charge < -0.3 is 10.2 Å². The minimum atomic E-state index is -3.72. The molecule has 0 spiro atoms. The van der Waals surface area contributed by atoms with Crippen molar-refractivity contribution in [2.75, 3.05) is 29.8 Å². The SMILES string of the molecule is Cc1cc(S(=O)(=O)Nc2cscn2)ncc1N(C)[C@H]1CCNC1. The predicted octanol–water partition coefficient (Wildman–Crippen LogP) is 1.45. The van der Waals surface area contributed by atoms with E-state index in [4.69, 9.17) is 0 Å². The molecule has 1 aliphatic heterocycles. The van der Waals surface area contributed by atoms with Gasteiger partial charge in [-0.2, -0.15) is 8.42 Å². The van der Waals surface area contributed by atoms with E-state index in [-0.39, 0.29) is 5.03 Å². The number of aromatic nitrogens is 2. The van der Waals surface area contributed by atoms with Gasteiger partial charge in [0.1, 0.15) is 0 Å². The molecule has 23 heavy (non-hydrogen) atoms. The van der Waals surface area contributed by atoms with Gasteiger partial charge in [0.15, 0.2) is 10.8 Å². The van der Waals surface area contributed by atoms with Crippen LogP contribution in [-0.4, -0.2) is 44.6 Å². The molecule has 1 fully saturated rings.